The molecule has 0 radical (unpaired) electrons. The second kappa shape index (κ2) is 10.5. The summed E-state index contributed by atoms with van der Waals surface area (Å²) in [5.74, 6) is 1.60. The van der Waals surface area contributed by atoms with E-state index in [9.17, 15) is 0 Å². The molecule has 9 heteroatoms. The van der Waals surface area contributed by atoms with Crippen molar-refractivity contribution in [3.05, 3.63) is 70.8 Å². The van der Waals surface area contributed by atoms with Crippen LogP contribution in [0.4, 0.5) is 0 Å². The van der Waals surface area contributed by atoms with Gasteiger partial charge >= 0.3 is 0 Å². The molecule has 2 aromatic heterocycles. The van der Waals surface area contributed by atoms with E-state index in [4.69, 9.17) is 26.1 Å². The first-order valence-corrected chi connectivity index (χ1v) is 12.7. The Hall–Kier alpha value is -3.07. The maximum atomic E-state index is 6.66. The molecule has 4 aromatic rings. The van der Waals surface area contributed by atoms with E-state index < -0.39 is 6.29 Å². The predicted octanol–water partition coefficient (Wildman–Crippen LogP) is 5.85. The standard InChI is InChI=1S/C27H31ClN6O2/c1-4-5-10-22-29-24(28)23(26-35-16-27(2,3)17-36-26)34(22)15-18-11-13-19(14-12-18)20-8-6-7-9-21(20)25-30-32-33-31-25/h6-9,11-14,26H,4-5,10,15-17H2,1-3H3,(H,30,31,32,33). The third kappa shape index (κ3) is 5.21. The number of aryl methyl sites for hydroxylation is 1. The van der Waals surface area contributed by atoms with Crippen molar-refractivity contribution in [3.63, 3.8) is 0 Å². The van der Waals surface area contributed by atoms with Crippen LogP contribution in [-0.2, 0) is 22.4 Å². The molecule has 0 spiro atoms. The summed E-state index contributed by atoms with van der Waals surface area (Å²) in [6.45, 7) is 8.29. The number of unbranched alkanes of at least 4 members (excludes halogenated alkanes) is 1. The SMILES string of the molecule is CCCCc1nc(Cl)c(C2OCC(C)(C)CO2)n1Cc1ccc(-c2ccccc2-c2nnn[nH]2)cc1. The Morgan fingerprint density at radius 2 is 1.78 bits per heavy atom. The van der Waals surface area contributed by atoms with Crippen LogP contribution in [0.15, 0.2) is 48.5 Å². The third-order valence-corrected chi connectivity index (χ3v) is 6.68. The number of tetrazole rings is 1. The average Bonchev–Trinajstić information content (AvgIpc) is 3.52. The number of rotatable bonds is 8. The lowest BCUT2D eigenvalue weighted by Gasteiger charge is -2.35. The van der Waals surface area contributed by atoms with Gasteiger partial charge in [0, 0.05) is 23.9 Å². The molecule has 0 bridgehead atoms. The first-order valence-electron chi connectivity index (χ1n) is 12.4. The second-order valence-electron chi connectivity index (χ2n) is 10.0. The van der Waals surface area contributed by atoms with Gasteiger partial charge in [-0.15, -0.1) is 5.10 Å². The van der Waals surface area contributed by atoms with Crippen LogP contribution in [-0.4, -0.2) is 43.4 Å². The zero-order valence-corrected chi connectivity index (χ0v) is 21.6. The number of nitrogens with zero attached hydrogens (tertiary/aromatic N) is 5. The molecule has 3 heterocycles. The van der Waals surface area contributed by atoms with Crippen molar-refractivity contribution in [2.75, 3.05) is 13.2 Å². The smallest absolute Gasteiger partial charge is 0.202 e. The second-order valence-corrected chi connectivity index (χ2v) is 10.4. The highest BCUT2D eigenvalue weighted by atomic mass is 35.5. The van der Waals surface area contributed by atoms with Crippen LogP contribution in [0.5, 0.6) is 0 Å². The maximum Gasteiger partial charge on any atom is 0.202 e. The summed E-state index contributed by atoms with van der Waals surface area (Å²) in [5.41, 5.74) is 5.01. The van der Waals surface area contributed by atoms with Gasteiger partial charge in [-0.3, -0.25) is 0 Å². The molecular weight excluding hydrogens is 476 g/mol. The van der Waals surface area contributed by atoms with E-state index in [2.05, 4.69) is 76.3 Å². The van der Waals surface area contributed by atoms with Gasteiger partial charge in [-0.1, -0.05) is 87.3 Å². The van der Waals surface area contributed by atoms with Crippen molar-refractivity contribution in [2.45, 2.75) is 52.9 Å². The molecule has 1 saturated heterocycles. The van der Waals surface area contributed by atoms with Gasteiger partial charge < -0.3 is 14.0 Å². The highest BCUT2D eigenvalue weighted by Crippen LogP contribution is 2.36. The average molecular weight is 507 g/mol. The minimum atomic E-state index is -0.518. The molecule has 0 amide bonds. The highest BCUT2D eigenvalue weighted by Gasteiger charge is 2.33. The number of hydrogen-bond donors (Lipinski definition) is 1. The summed E-state index contributed by atoms with van der Waals surface area (Å²) in [5, 5.41) is 14.8. The molecule has 36 heavy (non-hydrogen) atoms. The number of aromatic nitrogens is 6. The molecular formula is C27H31ClN6O2. The molecule has 1 fully saturated rings. The number of halogens is 1. The van der Waals surface area contributed by atoms with E-state index in [-0.39, 0.29) is 5.41 Å². The van der Waals surface area contributed by atoms with Crippen molar-refractivity contribution in [1.29, 1.82) is 0 Å². The number of ether oxygens (including phenoxy) is 2. The van der Waals surface area contributed by atoms with Crippen LogP contribution in [0.25, 0.3) is 22.5 Å². The fraction of sp³-hybridized carbons (Fsp3) is 0.407. The molecule has 2 aromatic carbocycles. The van der Waals surface area contributed by atoms with Crippen LogP contribution >= 0.6 is 11.6 Å². The van der Waals surface area contributed by atoms with Crippen molar-refractivity contribution in [3.8, 4) is 22.5 Å². The minimum Gasteiger partial charge on any atom is -0.346 e. The van der Waals surface area contributed by atoms with Crippen molar-refractivity contribution < 1.29 is 9.47 Å². The Bertz CT molecular complexity index is 1290. The van der Waals surface area contributed by atoms with Crippen LogP contribution in [0.3, 0.4) is 0 Å². The maximum absolute atomic E-state index is 6.66. The molecule has 0 atom stereocenters. The Labute approximate surface area is 216 Å². The Morgan fingerprint density at radius 3 is 2.44 bits per heavy atom. The fourth-order valence-electron chi connectivity index (χ4n) is 4.45. The Morgan fingerprint density at radius 1 is 1.06 bits per heavy atom. The zero-order valence-electron chi connectivity index (χ0n) is 20.9. The quantitative estimate of drug-likeness (QED) is 0.322. The van der Waals surface area contributed by atoms with E-state index in [1.807, 2.05) is 18.2 Å². The van der Waals surface area contributed by atoms with Crippen LogP contribution in [0, 0.1) is 5.41 Å². The van der Waals surface area contributed by atoms with Crippen LogP contribution in [0.1, 0.15) is 57.0 Å². The van der Waals surface area contributed by atoms with Crippen LogP contribution < -0.4 is 0 Å². The Balaban J connectivity index is 1.43. The lowest BCUT2D eigenvalue weighted by molar-refractivity contribution is -0.228. The summed E-state index contributed by atoms with van der Waals surface area (Å²) >= 11 is 6.66. The van der Waals surface area contributed by atoms with Gasteiger partial charge in [0.25, 0.3) is 0 Å². The Kier molecular flexibility index (Phi) is 7.18. The van der Waals surface area contributed by atoms with Gasteiger partial charge in [-0.25, -0.2) is 10.1 Å². The summed E-state index contributed by atoms with van der Waals surface area (Å²) in [7, 11) is 0. The first kappa shape index (κ1) is 24.6. The monoisotopic (exact) mass is 506 g/mol. The minimum absolute atomic E-state index is 0.0211. The van der Waals surface area contributed by atoms with Crippen LogP contribution in [0.2, 0.25) is 5.15 Å². The van der Waals surface area contributed by atoms with E-state index in [1.165, 1.54) is 0 Å². The van der Waals surface area contributed by atoms with Gasteiger partial charge in [0.15, 0.2) is 11.0 Å². The van der Waals surface area contributed by atoms with E-state index in [1.54, 1.807) is 0 Å². The predicted molar refractivity (Wildman–Crippen MR) is 138 cm³/mol. The number of nitrogens with one attached hydrogen (secondary N) is 1. The number of hydrogen-bond acceptors (Lipinski definition) is 6. The lowest BCUT2D eigenvalue weighted by Crippen LogP contribution is -2.34. The van der Waals surface area contributed by atoms with E-state index in [0.29, 0.717) is 30.7 Å². The summed E-state index contributed by atoms with van der Waals surface area (Å²) in [4.78, 5) is 4.71. The lowest BCUT2D eigenvalue weighted by atomic mass is 9.95. The third-order valence-electron chi connectivity index (χ3n) is 6.40. The summed E-state index contributed by atoms with van der Waals surface area (Å²) in [6, 6.07) is 16.6. The molecule has 0 unspecified atom stereocenters. The zero-order chi connectivity index (χ0) is 25.1. The number of aromatic amines is 1. The molecule has 1 N–H and O–H groups in total. The largest absolute Gasteiger partial charge is 0.346 e. The molecule has 0 saturated carbocycles. The van der Waals surface area contributed by atoms with E-state index in [0.717, 1.165) is 53.0 Å². The molecule has 0 aliphatic carbocycles. The molecule has 1 aliphatic rings. The topological polar surface area (TPSA) is 90.7 Å². The summed E-state index contributed by atoms with van der Waals surface area (Å²) in [6.07, 6.45) is 2.46. The van der Waals surface area contributed by atoms with Crippen molar-refractivity contribution >= 4 is 11.6 Å². The van der Waals surface area contributed by atoms with E-state index >= 15 is 0 Å². The molecule has 188 valence electrons. The molecule has 8 nitrogen and oxygen atoms in total. The van der Waals surface area contributed by atoms with Crippen molar-refractivity contribution in [2.24, 2.45) is 5.41 Å². The number of benzene rings is 2. The van der Waals surface area contributed by atoms with Gasteiger partial charge in [0.2, 0.25) is 6.29 Å². The van der Waals surface area contributed by atoms with Gasteiger partial charge in [-0.05, 0) is 33.5 Å². The first-order chi connectivity index (χ1) is 17.4. The number of imidazole rings is 1. The fourth-order valence-corrected chi connectivity index (χ4v) is 4.73. The highest BCUT2D eigenvalue weighted by molar-refractivity contribution is 6.30. The van der Waals surface area contributed by atoms with Gasteiger partial charge in [-0.2, -0.15) is 0 Å². The number of H-pyrrole nitrogens is 1. The molecule has 1 aliphatic heterocycles. The summed E-state index contributed by atoms with van der Waals surface area (Å²) < 4.78 is 14.4. The van der Waals surface area contributed by atoms with Gasteiger partial charge in [0.05, 0.1) is 13.2 Å². The molecule has 5 rings (SSSR count). The van der Waals surface area contributed by atoms with Crippen molar-refractivity contribution in [1.82, 2.24) is 30.2 Å². The normalized spacial score (nSPS) is 15.9. The van der Waals surface area contributed by atoms with Gasteiger partial charge in [0.1, 0.15) is 11.5 Å².